The van der Waals surface area contributed by atoms with Crippen molar-refractivity contribution in [3.63, 3.8) is 0 Å². The lowest BCUT2D eigenvalue weighted by molar-refractivity contribution is -0.144. The van der Waals surface area contributed by atoms with E-state index in [2.05, 4.69) is 12.1 Å². The third kappa shape index (κ3) is 1.92. The molecule has 0 radical (unpaired) electrons. The minimum absolute atomic E-state index is 0.0971. The molecule has 0 spiro atoms. The molecule has 0 unspecified atom stereocenters. The molecule has 28 heavy (non-hydrogen) atoms. The average Bonchev–Trinajstić information content (AvgIpc) is 3.19. The standard InChI is InChI=1S/C22H16N2O4/c1-26-19-17(15-10-6-7-11-16(15)28-19)22(20(25)27-2)18(21(22,12-23)13-24)14-8-4-3-5-9-14/h3-11,18H,1-2H3/t18-,22+/m1/s1. The number of carbonyl (C=O) groups is 1. The summed E-state index contributed by atoms with van der Waals surface area (Å²) in [6, 6.07) is 20.4. The molecule has 4 rings (SSSR count). The van der Waals surface area contributed by atoms with Gasteiger partial charge in [0, 0.05) is 11.3 Å². The van der Waals surface area contributed by atoms with Gasteiger partial charge in [-0.05, 0) is 11.6 Å². The molecule has 0 amide bonds. The van der Waals surface area contributed by atoms with Crippen LogP contribution in [0.5, 0.6) is 5.95 Å². The van der Waals surface area contributed by atoms with Gasteiger partial charge in [-0.2, -0.15) is 10.5 Å². The van der Waals surface area contributed by atoms with Gasteiger partial charge in [0.15, 0.2) is 5.41 Å². The molecule has 138 valence electrons. The number of para-hydroxylation sites is 1. The molecular formula is C22H16N2O4. The Kier molecular flexibility index (Phi) is 3.87. The van der Waals surface area contributed by atoms with E-state index in [0.29, 0.717) is 22.1 Å². The predicted molar refractivity (Wildman–Crippen MR) is 99.3 cm³/mol. The molecule has 0 saturated heterocycles. The number of carbonyl (C=O) groups excluding carboxylic acids is 1. The number of nitrogens with zero attached hydrogens (tertiary/aromatic N) is 2. The Morgan fingerprint density at radius 1 is 1.04 bits per heavy atom. The van der Waals surface area contributed by atoms with Crippen molar-refractivity contribution in [1.82, 2.24) is 0 Å². The average molecular weight is 372 g/mol. The molecule has 2 aromatic carbocycles. The van der Waals surface area contributed by atoms with Crippen LogP contribution in [-0.4, -0.2) is 20.2 Å². The normalized spacial score (nSPS) is 22.1. The Bertz CT molecular complexity index is 1140. The van der Waals surface area contributed by atoms with Crippen LogP contribution >= 0.6 is 0 Å². The number of esters is 1. The Balaban J connectivity index is 2.12. The summed E-state index contributed by atoms with van der Waals surface area (Å²) in [5, 5.41) is 20.7. The molecule has 3 aromatic rings. The molecular weight excluding hydrogens is 356 g/mol. The summed E-state index contributed by atoms with van der Waals surface area (Å²) in [7, 11) is 2.67. The van der Waals surface area contributed by atoms with Crippen LogP contribution in [0.3, 0.4) is 0 Å². The first-order chi connectivity index (χ1) is 13.6. The van der Waals surface area contributed by atoms with E-state index < -0.39 is 22.7 Å². The topological polar surface area (TPSA) is 96.2 Å². The number of benzene rings is 2. The van der Waals surface area contributed by atoms with Gasteiger partial charge in [-0.3, -0.25) is 4.79 Å². The van der Waals surface area contributed by atoms with Crippen LogP contribution in [0, 0.1) is 28.1 Å². The highest BCUT2D eigenvalue weighted by Crippen LogP contribution is 2.76. The quantitative estimate of drug-likeness (QED) is 0.648. The number of rotatable bonds is 4. The summed E-state index contributed by atoms with van der Waals surface area (Å²) in [5.74, 6) is -1.30. The van der Waals surface area contributed by atoms with E-state index in [1.807, 2.05) is 6.07 Å². The van der Waals surface area contributed by atoms with Gasteiger partial charge in [0.2, 0.25) is 0 Å². The molecule has 1 aromatic heterocycles. The maximum absolute atomic E-state index is 13.2. The molecule has 1 fully saturated rings. The minimum atomic E-state index is -1.65. The van der Waals surface area contributed by atoms with Crippen LogP contribution in [0.25, 0.3) is 11.0 Å². The van der Waals surface area contributed by atoms with Gasteiger partial charge in [-0.1, -0.05) is 48.5 Å². The van der Waals surface area contributed by atoms with Crippen molar-refractivity contribution in [2.45, 2.75) is 11.3 Å². The largest absolute Gasteiger partial charge is 0.468 e. The third-order valence-corrected chi connectivity index (χ3v) is 5.54. The fraction of sp³-hybridized carbons (Fsp3) is 0.227. The first-order valence-corrected chi connectivity index (χ1v) is 8.64. The lowest BCUT2D eigenvalue weighted by atomic mass is 9.86. The van der Waals surface area contributed by atoms with Gasteiger partial charge in [0.1, 0.15) is 11.0 Å². The van der Waals surface area contributed by atoms with Crippen LogP contribution < -0.4 is 4.74 Å². The van der Waals surface area contributed by atoms with E-state index in [4.69, 9.17) is 13.9 Å². The van der Waals surface area contributed by atoms with Gasteiger partial charge >= 0.3 is 5.97 Å². The molecule has 6 nitrogen and oxygen atoms in total. The highest BCUT2D eigenvalue weighted by molar-refractivity contribution is 6.01. The van der Waals surface area contributed by atoms with Crippen molar-refractivity contribution >= 4 is 16.9 Å². The number of furan rings is 1. The van der Waals surface area contributed by atoms with Gasteiger partial charge < -0.3 is 13.9 Å². The van der Waals surface area contributed by atoms with Crippen molar-refractivity contribution in [2.75, 3.05) is 14.2 Å². The summed E-state index contributed by atoms with van der Waals surface area (Å²) >= 11 is 0. The van der Waals surface area contributed by atoms with Crippen LogP contribution in [-0.2, 0) is 14.9 Å². The second-order valence-corrected chi connectivity index (χ2v) is 6.64. The van der Waals surface area contributed by atoms with E-state index in [1.165, 1.54) is 14.2 Å². The molecule has 1 aliphatic rings. The van der Waals surface area contributed by atoms with Gasteiger partial charge in [-0.25, -0.2) is 0 Å². The molecule has 2 atom stereocenters. The highest BCUT2D eigenvalue weighted by Gasteiger charge is 2.86. The Morgan fingerprint density at radius 3 is 2.29 bits per heavy atom. The number of hydrogen-bond acceptors (Lipinski definition) is 6. The minimum Gasteiger partial charge on any atom is -0.468 e. The fourth-order valence-corrected chi connectivity index (χ4v) is 4.37. The molecule has 6 heteroatoms. The lowest BCUT2D eigenvalue weighted by Crippen LogP contribution is -2.29. The van der Waals surface area contributed by atoms with Crippen molar-refractivity contribution in [1.29, 1.82) is 10.5 Å². The second-order valence-electron chi connectivity index (χ2n) is 6.64. The van der Waals surface area contributed by atoms with E-state index in [-0.39, 0.29) is 5.95 Å². The Morgan fingerprint density at radius 2 is 1.68 bits per heavy atom. The number of nitriles is 2. The SMILES string of the molecule is COC(=O)[C@]1(c2c(OC)oc3ccccc23)[C@H](c2ccccc2)C1(C#N)C#N. The molecule has 1 heterocycles. The van der Waals surface area contributed by atoms with Crippen molar-refractivity contribution in [3.8, 4) is 18.1 Å². The van der Waals surface area contributed by atoms with Crippen LogP contribution in [0.4, 0.5) is 0 Å². The third-order valence-electron chi connectivity index (χ3n) is 5.54. The highest BCUT2D eigenvalue weighted by atomic mass is 16.6. The molecule has 0 N–H and O–H groups in total. The zero-order valence-corrected chi connectivity index (χ0v) is 15.3. The summed E-state index contributed by atoms with van der Waals surface area (Å²) in [6.45, 7) is 0. The molecule has 0 bridgehead atoms. The smallest absolute Gasteiger partial charge is 0.320 e. The van der Waals surface area contributed by atoms with Crippen molar-refractivity contribution in [3.05, 3.63) is 65.7 Å². The maximum Gasteiger partial charge on any atom is 0.320 e. The number of methoxy groups -OCH3 is 2. The van der Waals surface area contributed by atoms with Gasteiger partial charge in [0.05, 0.1) is 31.9 Å². The number of ether oxygens (including phenoxy) is 2. The van der Waals surface area contributed by atoms with Crippen molar-refractivity contribution in [2.24, 2.45) is 5.41 Å². The van der Waals surface area contributed by atoms with Crippen LogP contribution in [0.1, 0.15) is 17.0 Å². The summed E-state index contributed by atoms with van der Waals surface area (Å²) in [6.07, 6.45) is 0. The predicted octanol–water partition coefficient (Wildman–Crippen LogP) is 3.68. The van der Waals surface area contributed by atoms with Gasteiger partial charge in [0.25, 0.3) is 5.95 Å². The van der Waals surface area contributed by atoms with E-state index in [0.717, 1.165) is 0 Å². The van der Waals surface area contributed by atoms with Gasteiger partial charge in [-0.15, -0.1) is 0 Å². The Hall–Kier alpha value is -3.77. The zero-order chi connectivity index (χ0) is 19.9. The first-order valence-electron chi connectivity index (χ1n) is 8.64. The summed E-state index contributed by atoms with van der Waals surface area (Å²) in [5.41, 5.74) is -1.65. The number of fused-ring (bicyclic) bond motifs is 1. The van der Waals surface area contributed by atoms with Crippen molar-refractivity contribution < 1.29 is 18.7 Å². The van der Waals surface area contributed by atoms with E-state index in [9.17, 15) is 15.3 Å². The monoisotopic (exact) mass is 372 g/mol. The second kappa shape index (κ2) is 6.14. The van der Waals surface area contributed by atoms with Crippen LogP contribution in [0.2, 0.25) is 0 Å². The lowest BCUT2D eigenvalue weighted by Gasteiger charge is -2.16. The number of hydrogen-bond donors (Lipinski definition) is 0. The summed E-state index contributed by atoms with van der Waals surface area (Å²) in [4.78, 5) is 13.2. The molecule has 1 saturated carbocycles. The fourth-order valence-electron chi connectivity index (χ4n) is 4.37. The Labute approximate surface area is 161 Å². The van der Waals surface area contributed by atoms with E-state index >= 15 is 0 Å². The zero-order valence-electron chi connectivity index (χ0n) is 15.3. The summed E-state index contributed by atoms with van der Waals surface area (Å²) < 4.78 is 16.3. The first kappa shape index (κ1) is 17.6. The van der Waals surface area contributed by atoms with Crippen LogP contribution in [0.15, 0.2) is 59.0 Å². The maximum atomic E-state index is 13.2. The molecule has 0 aliphatic heterocycles. The van der Waals surface area contributed by atoms with E-state index in [1.54, 1.807) is 48.5 Å². The molecule has 1 aliphatic carbocycles.